The molecule has 2 aromatic heterocycles. The van der Waals surface area contributed by atoms with Crippen molar-refractivity contribution in [3.63, 3.8) is 0 Å². The van der Waals surface area contributed by atoms with Crippen molar-refractivity contribution in [1.29, 1.82) is 0 Å². The molecule has 2 aromatic carbocycles. The van der Waals surface area contributed by atoms with Gasteiger partial charge in [0, 0.05) is 23.9 Å². The molecule has 2 fully saturated rings. The van der Waals surface area contributed by atoms with Crippen LogP contribution in [0, 0.1) is 24.0 Å². The van der Waals surface area contributed by atoms with Gasteiger partial charge in [0.25, 0.3) is 0 Å². The lowest BCUT2D eigenvalue weighted by atomic mass is 9.95. The number of anilines is 1. The third kappa shape index (κ3) is 4.62. The Bertz CT molecular complexity index is 1970. The number of amides is 1. The number of aromatic hydroxyl groups is 1. The van der Waals surface area contributed by atoms with Crippen LogP contribution >= 0.6 is 0 Å². The highest BCUT2D eigenvalue weighted by atomic mass is 19.1. The zero-order valence-corrected chi connectivity index (χ0v) is 25.2. The van der Waals surface area contributed by atoms with Gasteiger partial charge in [-0.15, -0.1) is 6.42 Å². The summed E-state index contributed by atoms with van der Waals surface area (Å²) in [5.41, 5.74) is 4.51. The number of phenolic OH excluding ortho intramolecular Hbond substituents is 1. The number of hydrogen-bond acceptors (Lipinski definition) is 9. The molecule has 10 nitrogen and oxygen atoms in total. The second-order valence-corrected chi connectivity index (χ2v) is 12.3. The molecular weight excluding hydrogens is 601 g/mol. The Morgan fingerprint density at radius 1 is 1.28 bits per heavy atom. The van der Waals surface area contributed by atoms with Crippen LogP contribution in [0.25, 0.3) is 32.9 Å². The van der Waals surface area contributed by atoms with E-state index in [1.807, 2.05) is 0 Å². The highest BCUT2D eigenvalue weighted by Gasteiger charge is 2.49. The Morgan fingerprint density at radius 2 is 2.09 bits per heavy atom. The third-order valence-corrected chi connectivity index (χ3v) is 9.40. The summed E-state index contributed by atoms with van der Waals surface area (Å²) < 4.78 is 58.5. The fourth-order valence-electron chi connectivity index (χ4n) is 7.23. The summed E-state index contributed by atoms with van der Waals surface area (Å²) in [7, 11) is 0. The molecule has 3 aliphatic rings. The van der Waals surface area contributed by atoms with E-state index in [-0.39, 0.29) is 69.8 Å². The van der Waals surface area contributed by atoms with Crippen molar-refractivity contribution in [1.82, 2.24) is 19.9 Å². The molecule has 3 aliphatic heterocycles. The number of pyridine rings is 1. The van der Waals surface area contributed by atoms with Gasteiger partial charge in [0.15, 0.2) is 5.82 Å². The van der Waals surface area contributed by atoms with Gasteiger partial charge in [-0.2, -0.15) is 9.97 Å². The largest absolute Gasteiger partial charge is 0.508 e. The molecule has 0 saturated carbocycles. The number of fused-ring (bicyclic) bond motifs is 2. The Labute approximate surface area is 262 Å². The summed E-state index contributed by atoms with van der Waals surface area (Å²) in [5.74, 6) is -0.123. The SMILES string of the molecule is C#Cc1c(F)ccc2cc(O)cc(-c3nc4c5c(nc(OC[C@@]67CCCN6C[C@H](F)C7)nc5c3F)N([C@H](C)C(N)=O)[C@@H](C)CO4)c12. The molecule has 4 aromatic rings. The lowest BCUT2D eigenvalue weighted by Crippen LogP contribution is -2.49. The number of phenols is 1. The van der Waals surface area contributed by atoms with Crippen LogP contribution in [0.15, 0.2) is 24.3 Å². The Morgan fingerprint density at radius 3 is 2.85 bits per heavy atom. The second kappa shape index (κ2) is 10.9. The van der Waals surface area contributed by atoms with Crippen LogP contribution < -0.4 is 20.1 Å². The summed E-state index contributed by atoms with van der Waals surface area (Å²) in [6, 6.07) is 3.66. The van der Waals surface area contributed by atoms with E-state index in [9.17, 15) is 18.7 Å². The van der Waals surface area contributed by atoms with Crippen LogP contribution in [0.1, 0.15) is 38.7 Å². The van der Waals surface area contributed by atoms with E-state index in [2.05, 4.69) is 25.8 Å². The fraction of sp³-hybridized carbons (Fsp3) is 0.394. The molecule has 0 spiro atoms. The van der Waals surface area contributed by atoms with Gasteiger partial charge in [-0.05, 0) is 56.8 Å². The van der Waals surface area contributed by atoms with Gasteiger partial charge in [0.1, 0.15) is 59.4 Å². The molecule has 0 unspecified atom stereocenters. The number of terminal acetylenes is 1. The lowest BCUT2D eigenvalue weighted by Gasteiger charge is -2.33. The van der Waals surface area contributed by atoms with Crippen molar-refractivity contribution >= 4 is 33.4 Å². The van der Waals surface area contributed by atoms with E-state index >= 15 is 4.39 Å². The molecule has 4 atom stereocenters. The molecule has 7 rings (SSSR count). The van der Waals surface area contributed by atoms with Gasteiger partial charge in [-0.3, -0.25) is 9.69 Å². The normalized spacial score (nSPS) is 23.2. The molecule has 2 saturated heterocycles. The predicted molar refractivity (Wildman–Crippen MR) is 164 cm³/mol. The van der Waals surface area contributed by atoms with Crippen LogP contribution in [0.4, 0.5) is 19.0 Å². The number of aromatic nitrogens is 3. The van der Waals surface area contributed by atoms with E-state index in [1.165, 1.54) is 24.3 Å². The average Bonchev–Trinajstić information content (AvgIpc) is 3.50. The number of ether oxygens (including phenoxy) is 2. The van der Waals surface area contributed by atoms with Gasteiger partial charge in [0.2, 0.25) is 11.8 Å². The first-order valence-electron chi connectivity index (χ1n) is 15.1. The number of carbonyl (C=O) groups excluding carboxylic acids is 1. The van der Waals surface area contributed by atoms with Gasteiger partial charge >= 0.3 is 6.01 Å². The van der Waals surface area contributed by atoms with Crippen molar-refractivity contribution < 1.29 is 32.5 Å². The number of primary amides is 1. The molecule has 46 heavy (non-hydrogen) atoms. The minimum absolute atomic E-state index is 0.0122. The number of halogens is 3. The first kappa shape index (κ1) is 29.9. The lowest BCUT2D eigenvalue weighted by molar-refractivity contribution is -0.119. The van der Waals surface area contributed by atoms with Crippen molar-refractivity contribution in [3.8, 4) is 41.2 Å². The maximum absolute atomic E-state index is 16.9. The predicted octanol–water partition coefficient (Wildman–Crippen LogP) is 4.23. The van der Waals surface area contributed by atoms with Gasteiger partial charge in [-0.25, -0.2) is 18.2 Å². The summed E-state index contributed by atoms with van der Waals surface area (Å²) in [5, 5.41) is 11.2. The van der Waals surface area contributed by atoms with Crippen LogP contribution in [-0.4, -0.2) is 81.0 Å². The van der Waals surface area contributed by atoms with E-state index < -0.39 is 41.3 Å². The minimum Gasteiger partial charge on any atom is -0.508 e. The minimum atomic E-state index is -0.987. The third-order valence-electron chi connectivity index (χ3n) is 9.40. The standard InChI is InChI=1S/C33H31F3N6O4/c1-4-21-23(35)7-6-18-10-20(43)11-22(24(18)21)27-26(36)28-25-30(42(17(3)29(37)44)16(2)14-45-31(25)38-27)40-32(39-28)46-15-33-8-5-9-41(33)13-19(34)12-33/h1,6-7,10-11,16-17,19,43H,5,8-9,12-15H2,2-3H3,(H2,37,44)/t16-,17+,19+,33-/m0/s1. The van der Waals surface area contributed by atoms with E-state index in [4.69, 9.17) is 21.6 Å². The molecule has 1 amide bonds. The van der Waals surface area contributed by atoms with Gasteiger partial charge < -0.3 is 25.2 Å². The Balaban J connectivity index is 1.47. The molecule has 3 N–H and O–H groups in total. The maximum Gasteiger partial charge on any atom is 0.319 e. The van der Waals surface area contributed by atoms with Crippen molar-refractivity contribution in [2.24, 2.45) is 5.73 Å². The molecule has 5 heterocycles. The monoisotopic (exact) mass is 632 g/mol. The smallest absolute Gasteiger partial charge is 0.319 e. The number of nitrogens with two attached hydrogens (primary N) is 1. The quantitative estimate of drug-likeness (QED) is 0.301. The van der Waals surface area contributed by atoms with Gasteiger partial charge in [0.05, 0.1) is 17.1 Å². The zero-order chi connectivity index (χ0) is 32.5. The number of hydrogen-bond donors (Lipinski definition) is 2. The maximum atomic E-state index is 16.9. The van der Waals surface area contributed by atoms with Crippen molar-refractivity contribution in [2.45, 2.75) is 56.9 Å². The second-order valence-electron chi connectivity index (χ2n) is 12.3. The van der Waals surface area contributed by atoms with Crippen molar-refractivity contribution in [3.05, 3.63) is 41.5 Å². The average molecular weight is 633 g/mol. The van der Waals surface area contributed by atoms with E-state index in [1.54, 1.807) is 18.7 Å². The summed E-state index contributed by atoms with van der Waals surface area (Å²) in [4.78, 5) is 29.7. The first-order chi connectivity index (χ1) is 22.0. The number of carbonyl (C=O) groups is 1. The summed E-state index contributed by atoms with van der Waals surface area (Å²) in [6.07, 6.45) is 6.61. The molecule has 0 radical (unpaired) electrons. The molecule has 0 bridgehead atoms. The van der Waals surface area contributed by atoms with Crippen LogP contribution in [0.5, 0.6) is 17.6 Å². The Hall–Kier alpha value is -4.83. The summed E-state index contributed by atoms with van der Waals surface area (Å²) >= 11 is 0. The van der Waals surface area contributed by atoms with E-state index in [0.29, 0.717) is 18.4 Å². The number of benzene rings is 2. The number of nitrogens with zero attached hydrogens (tertiary/aromatic N) is 5. The Kier molecular flexibility index (Phi) is 7.08. The molecule has 238 valence electrons. The molecule has 13 heteroatoms. The highest BCUT2D eigenvalue weighted by Crippen LogP contribution is 2.44. The number of alkyl halides is 1. The topological polar surface area (TPSA) is 127 Å². The first-order valence-corrected chi connectivity index (χ1v) is 15.1. The summed E-state index contributed by atoms with van der Waals surface area (Å²) in [6.45, 7) is 4.54. The fourth-order valence-corrected chi connectivity index (χ4v) is 7.23. The van der Waals surface area contributed by atoms with Crippen LogP contribution in [-0.2, 0) is 4.79 Å². The van der Waals surface area contributed by atoms with Crippen LogP contribution in [0.2, 0.25) is 0 Å². The highest BCUT2D eigenvalue weighted by molar-refractivity contribution is 6.04. The molecule has 0 aliphatic carbocycles. The van der Waals surface area contributed by atoms with Crippen molar-refractivity contribution in [2.75, 3.05) is 31.2 Å². The zero-order valence-electron chi connectivity index (χ0n) is 25.2. The number of rotatable bonds is 6. The van der Waals surface area contributed by atoms with E-state index in [0.717, 1.165) is 19.4 Å². The van der Waals surface area contributed by atoms with Gasteiger partial charge in [-0.1, -0.05) is 12.0 Å². The van der Waals surface area contributed by atoms with Crippen LogP contribution in [0.3, 0.4) is 0 Å². The molecular formula is C33H31F3N6O4.